The van der Waals surface area contributed by atoms with Gasteiger partial charge in [0, 0.05) is 42.5 Å². The first-order valence-corrected chi connectivity index (χ1v) is 6.73. The number of aromatic nitrogens is 1. The van der Waals surface area contributed by atoms with E-state index in [1.54, 1.807) is 6.07 Å². The van der Waals surface area contributed by atoms with Crippen LogP contribution in [0.5, 0.6) is 0 Å². The number of aryl methyl sites for hydroxylation is 1. The van der Waals surface area contributed by atoms with E-state index in [1.807, 2.05) is 11.8 Å². The fourth-order valence-electron chi connectivity index (χ4n) is 2.15. The summed E-state index contributed by atoms with van der Waals surface area (Å²) in [4.78, 5) is 17.2. The first kappa shape index (κ1) is 14.5. The number of aliphatic carboxylic acids is 1. The van der Waals surface area contributed by atoms with E-state index in [2.05, 4.69) is 10.3 Å². The Morgan fingerprint density at radius 2 is 2.37 bits per heavy atom. The number of nitrogens with zero attached hydrogens (tertiary/aromatic N) is 2. The molecule has 2 N–H and O–H groups in total. The fraction of sp³-hybridized carbons (Fsp3) is 0.500. The third-order valence-electron chi connectivity index (χ3n) is 3.15. The Morgan fingerprint density at radius 3 is 3.00 bits per heavy atom. The number of hydrogen-bond acceptors (Lipinski definition) is 4. The Bertz CT molecular complexity index is 473. The van der Waals surface area contributed by atoms with Crippen LogP contribution in [-0.2, 0) is 11.3 Å². The van der Waals surface area contributed by atoms with Crippen molar-refractivity contribution in [3.8, 4) is 0 Å². The molecule has 1 aromatic rings. The predicted molar refractivity (Wildman–Crippen MR) is 73.7 cm³/mol. The largest absolute Gasteiger partial charge is 0.480 e. The molecular weight excluding hydrogens is 289 g/mol. The molecule has 0 spiro atoms. The summed E-state index contributed by atoms with van der Waals surface area (Å²) in [5.41, 5.74) is 1.43. The van der Waals surface area contributed by atoms with Crippen molar-refractivity contribution in [3.05, 3.63) is 27.5 Å². The first-order chi connectivity index (χ1) is 8.99. The van der Waals surface area contributed by atoms with Crippen LogP contribution >= 0.6 is 23.2 Å². The van der Waals surface area contributed by atoms with Gasteiger partial charge in [-0.1, -0.05) is 23.2 Å². The first-order valence-electron chi connectivity index (χ1n) is 5.98. The van der Waals surface area contributed by atoms with Crippen LogP contribution in [0.2, 0.25) is 10.2 Å². The highest BCUT2D eigenvalue weighted by atomic mass is 35.5. The molecule has 1 atom stereocenters. The Balaban J connectivity index is 2.22. The Hall–Kier alpha value is -0.880. The van der Waals surface area contributed by atoms with E-state index in [9.17, 15) is 9.90 Å². The minimum absolute atomic E-state index is 0.340. The normalized spacial score (nSPS) is 20.5. The van der Waals surface area contributed by atoms with Gasteiger partial charge >= 0.3 is 5.97 Å². The summed E-state index contributed by atoms with van der Waals surface area (Å²) in [6, 6.07) is 1.17. The molecule has 0 aliphatic carbocycles. The SMILES string of the molecule is Cc1cc(Cl)c(CN2CCNCC2C(=O)O)c(Cl)n1. The van der Waals surface area contributed by atoms with Crippen molar-refractivity contribution in [1.29, 1.82) is 0 Å². The molecular formula is C12H15Cl2N3O2. The van der Waals surface area contributed by atoms with E-state index in [0.717, 1.165) is 12.2 Å². The van der Waals surface area contributed by atoms with Gasteiger partial charge in [-0.3, -0.25) is 9.69 Å². The molecule has 2 heterocycles. The van der Waals surface area contributed by atoms with Crippen molar-refractivity contribution >= 4 is 29.2 Å². The summed E-state index contributed by atoms with van der Waals surface area (Å²) in [7, 11) is 0. The number of carboxylic acid groups (broad SMARTS) is 1. The lowest BCUT2D eigenvalue weighted by Crippen LogP contribution is -2.54. The summed E-state index contributed by atoms with van der Waals surface area (Å²) in [5, 5.41) is 13.1. The number of rotatable bonds is 3. The number of pyridine rings is 1. The van der Waals surface area contributed by atoms with E-state index >= 15 is 0 Å². The number of nitrogens with one attached hydrogen (secondary N) is 1. The molecule has 1 fully saturated rings. The predicted octanol–water partition coefficient (Wildman–Crippen LogP) is 1.56. The highest BCUT2D eigenvalue weighted by Crippen LogP contribution is 2.26. The van der Waals surface area contributed by atoms with Gasteiger partial charge in [0.15, 0.2) is 0 Å². The number of hydrogen-bond donors (Lipinski definition) is 2. The van der Waals surface area contributed by atoms with Gasteiger partial charge in [-0.25, -0.2) is 4.98 Å². The van der Waals surface area contributed by atoms with Gasteiger partial charge in [0.2, 0.25) is 0 Å². The van der Waals surface area contributed by atoms with E-state index in [0.29, 0.717) is 35.4 Å². The Morgan fingerprint density at radius 1 is 1.63 bits per heavy atom. The summed E-state index contributed by atoms with van der Waals surface area (Å²) >= 11 is 12.3. The van der Waals surface area contributed by atoms with Crippen LogP contribution in [-0.4, -0.2) is 46.6 Å². The molecule has 1 aliphatic rings. The van der Waals surface area contributed by atoms with Gasteiger partial charge < -0.3 is 10.4 Å². The van der Waals surface area contributed by atoms with Crippen molar-refractivity contribution in [2.75, 3.05) is 19.6 Å². The molecule has 0 radical (unpaired) electrons. The molecule has 19 heavy (non-hydrogen) atoms. The van der Waals surface area contributed by atoms with Gasteiger partial charge in [-0.15, -0.1) is 0 Å². The fourth-order valence-corrected chi connectivity index (χ4v) is 2.80. The van der Waals surface area contributed by atoms with Crippen molar-refractivity contribution < 1.29 is 9.90 Å². The summed E-state index contributed by atoms with van der Waals surface area (Å²) in [5.74, 6) is -0.848. The zero-order valence-electron chi connectivity index (χ0n) is 10.5. The second-order valence-corrected chi connectivity index (χ2v) is 5.31. The Labute approximate surface area is 121 Å². The lowest BCUT2D eigenvalue weighted by Gasteiger charge is -2.33. The van der Waals surface area contributed by atoms with E-state index in [1.165, 1.54) is 0 Å². The van der Waals surface area contributed by atoms with E-state index in [4.69, 9.17) is 23.2 Å². The Kier molecular flexibility index (Phi) is 4.62. The van der Waals surface area contributed by atoms with Crippen molar-refractivity contribution in [1.82, 2.24) is 15.2 Å². The second-order valence-electron chi connectivity index (χ2n) is 4.54. The van der Waals surface area contributed by atoms with E-state index in [-0.39, 0.29) is 0 Å². The topological polar surface area (TPSA) is 65.5 Å². The maximum absolute atomic E-state index is 11.2. The minimum Gasteiger partial charge on any atom is -0.480 e. The maximum atomic E-state index is 11.2. The average molecular weight is 304 g/mol. The molecule has 1 aromatic heterocycles. The van der Waals surface area contributed by atoms with Crippen LogP contribution in [0.4, 0.5) is 0 Å². The molecule has 104 valence electrons. The molecule has 1 aliphatic heterocycles. The quantitative estimate of drug-likeness (QED) is 0.830. The van der Waals surface area contributed by atoms with Crippen LogP contribution in [0.25, 0.3) is 0 Å². The molecule has 0 bridgehead atoms. The van der Waals surface area contributed by atoms with Gasteiger partial charge in [-0.2, -0.15) is 0 Å². The van der Waals surface area contributed by atoms with E-state index < -0.39 is 12.0 Å². The number of halogens is 2. The molecule has 1 saturated heterocycles. The second kappa shape index (κ2) is 6.05. The van der Waals surface area contributed by atoms with Crippen LogP contribution in [0, 0.1) is 6.92 Å². The van der Waals surface area contributed by atoms with Crippen molar-refractivity contribution in [2.24, 2.45) is 0 Å². The van der Waals surface area contributed by atoms with Crippen LogP contribution in [0.1, 0.15) is 11.3 Å². The number of carbonyl (C=O) groups is 1. The zero-order chi connectivity index (χ0) is 14.0. The molecule has 2 rings (SSSR count). The van der Waals surface area contributed by atoms with Gasteiger partial charge in [-0.05, 0) is 13.0 Å². The zero-order valence-corrected chi connectivity index (χ0v) is 12.0. The third-order valence-corrected chi connectivity index (χ3v) is 3.80. The van der Waals surface area contributed by atoms with Gasteiger partial charge in [0.05, 0.1) is 0 Å². The monoisotopic (exact) mass is 303 g/mol. The van der Waals surface area contributed by atoms with Crippen molar-refractivity contribution in [3.63, 3.8) is 0 Å². The highest BCUT2D eigenvalue weighted by molar-refractivity contribution is 6.35. The molecule has 5 nitrogen and oxygen atoms in total. The van der Waals surface area contributed by atoms with Crippen LogP contribution in [0.15, 0.2) is 6.07 Å². The molecule has 0 aromatic carbocycles. The average Bonchev–Trinajstić information content (AvgIpc) is 2.34. The standard InChI is InChI=1S/C12H15Cl2N3O2/c1-7-4-9(13)8(11(14)16-7)6-17-3-2-15-5-10(17)12(18)19/h4,10,15H,2-3,5-6H2,1H3,(H,18,19). The van der Waals surface area contributed by atoms with Gasteiger partial charge in [0.1, 0.15) is 11.2 Å². The summed E-state index contributed by atoms with van der Waals surface area (Å²) in [6.07, 6.45) is 0. The molecule has 0 saturated carbocycles. The molecule has 1 unspecified atom stereocenters. The molecule has 0 amide bonds. The van der Waals surface area contributed by atoms with Crippen LogP contribution in [0.3, 0.4) is 0 Å². The third kappa shape index (κ3) is 3.36. The minimum atomic E-state index is -0.848. The van der Waals surface area contributed by atoms with Gasteiger partial charge in [0.25, 0.3) is 0 Å². The van der Waals surface area contributed by atoms with Crippen LogP contribution < -0.4 is 5.32 Å². The maximum Gasteiger partial charge on any atom is 0.322 e. The number of piperazine rings is 1. The lowest BCUT2D eigenvalue weighted by molar-refractivity contribution is -0.144. The van der Waals surface area contributed by atoms with Crippen molar-refractivity contribution in [2.45, 2.75) is 19.5 Å². The number of carboxylic acids is 1. The highest BCUT2D eigenvalue weighted by Gasteiger charge is 2.29. The molecule has 7 heteroatoms. The summed E-state index contributed by atoms with van der Waals surface area (Å²) < 4.78 is 0. The lowest BCUT2D eigenvalue weighted by atomic mass is 10.1. The smallest absolute Gasteiger partial charge is 0.322 e. The summed E-state index contributed by atoms with van der Waals surface area (Å²) in [6.45, 7) is 4.01.